The minimum atomic E-state index is -3.38. The van der Waals surface area contributed by atoms with Crippen molar-refractivity contribution in [2.24, 2.45) is 0 Å². The van der Waals surface area contributed by atoms with Gasteiger partial charge in [0.2, 0.25) is 0 Å². The number of thiazole rings is 1. The summed E-state index contributed by atoms with van der Waals surface area (Å²) in [5.74, 6) is 0. The van der Waals surface area contributed by atoms with E-state index in [4.69, 9.17) is 0 Å². The van der Waals surface area contributed by atoms with Crippen LogP contribution in [0.4, 0.5) is 0 Å². The summed E-state index contributed by atoms with van der Waals surface area (Å²) in [6.07, 6.45) is 1.97. The molecule has 1 aliphatic heterocycles. The lowest BCUT2D eigenvalue weighted by Crippen LogP contribution is -2.47. The second kappa shape index (κ2) is 5.47. The molecule has 2 rings (SSSR count). The van der Waals surface area contributed by atoms with Gasteiger partial charge in [0, 0.05) is 19.1 Å². The Kier molecular flexibility index (Phi) is 4.29. The number of sulfonamides is 1. The first-order valence-electron chi connectivity index (χ1n) is 6.43. The molecular formula is C12H21N3O2S2. The van der Waals surface area contributed by atoms with Gasteiger partial charge in [-0.1, -0.05) is 0 Å². The van der Waals surface area contributed by atoms with Crippen LogP contribution in [0.5, 0.6) is 0 Å². The molecule has 1 aliphatic rings. The van der Waals surface area contributed by atoms with E-state index in [9.17, 15) is 8.42 Å². The van der Waals surface area contributed by atoms with Crippen LogP contribution in [0.2, 0.25) is 0 Å². The summed E-state index contributed by atoms with van der Waals surface area (Å²) in [5.41, 5.74) is 0.620. The average molecular weight is 303 g/mol. The van der Waals surface area contributed by atoms with Gasteiger partial charge in [0.15, 0.2) is 4.21 Å². The van der Waals surface area contributed by atoms with Gasteiger partial charge in [-0.25, -0.2) is 13.4 Å². The molecule has 1 aromatic heterocycles. The van der Waals surface area contributed by atoms with E-state index in [1.54, 1.807) is 11.2 Å². The second-order valence-corrected chi connectivity index (χ2v) is 8.56. The number of rotatable bonds is 3. The van der Waals surface area contributed by atoms with Crippen molar-refractivity contribution >= 4 is 21.4 Å². The van der Waals surface area contributed by atoms with Gasteiger partial charge in [0.25, 0.3) is 10.0 Å². The van der Waals surface area contributed by atoms with Crippen molar-refractivity contribution < 1.29 is 8.42 Å². The summed E-state index contributed by atoms with van der Waals surface area (Å²) >= 11 is 1.27. The molecule has 1 saturated heterocycles. The van der Waals surface area contributed by atoms with E-state index in [2.05, 4.69) is 9.88 Å². The number of aromatic nitrogens is 1. The zero-order valence-corrected chi connectivity index (χ0v) is 13.5. The highest BCUT2D eigenvalue weighted by Gasteiger charge is 2.33. The van der Waals surface area contributed by atoms with Gasteiger partial charge in [-0.05, 0) is 40.8 Å². The highest BCUT2D eigenvalue weighted by molar-refractivity contribution is 7.91. The van der Waals surface area contributed by atoms with Crippen LogP contribution in [0.3, 0.4) is 0 Å². The molecule has 5 nitrogen and oxygen atoms in total. The van der Waals surface area contributed by atoms with E-state index in [1.807, 2.05) is 21.0 Å². The van der Waals surface area contributed by atoms with Crippen LogP contribution in [0.15, 0.2) is 4.21 Å². The first-order chi connectivity index (χ1) is 8.82. The van der Waals surface area contributed by atoms with Gasteiger partial charge in [0.05, 0.1) is 10.7 Å². The fourth-order valence-corrected chi connectivity index (χ4v) is 5.56. The van der Waals surface area contributed by atoms with Crippen LogP contribution in [-0.4, -0.2) is 55.8 Å². The second-order valence-electron chi connectivity index (χ2n) is 5.23. The highest BCUT2D eigenvalue weighted by atomic mass is 32.2. The summed E-state index contributed by atoms with van der Waals surface area (Å²) in [6.45, 7) is 4.80. The van der Waals surface area contributed by atoms with Gasteiger partial charge in [-0.15, -0.1) is 11.3 Å². The van der Waals surface area contributed by atoms with Crippen LogP contribution in [-0.2, 0) is 10.0 Å². The molecule has 2 heterocycles. The molecule has 0 saturated carbocycles. The highest BCUT2D eigenvalue weighted by Crippen LogP contribution is 2.28. The lowest BCUT2D eigenvalue weighted by atomic mass is 10.1. The van der Waals surface area contributed by atoms with Gasteiger partial charge in [0.1, 0.15) is 0 Å². The topological polar surface area (TPSA) is 53.5 Å². The third kappa shape index (κ3) is 2.99. The molecule has 0 aromatic carbocycles. The summed E-state index contributed by atoms with van der Waals surface area (Å²) in [7, 11) is 0.630. The van der Waals surface area contributed by atoms with Gasteiger partial charge in [-0.3, -0.25) is 0 Å². The summed E-state index contributed by atoms with van der Waals surface area (Å²) < 4.78 is 27.4. The normalized spacial score (nSPS) is 22.1. The van der Waals surface area contributed by atoms with Crippen molar-refractivity contribution in [3.63, 3.8) is 0 Å². The van der Waals surface area contributed by atoms with Crippen molar-refractivity contribution in [1.29, 1.82) is 0 Å². The fourth-order valence-electron chi connectivity index (χ4n) is 2.43. The largest absolute Gasteiger partial charge is 0.305 e. The molecular weight excluding hydrogens is 282 g/mol. The van der Waals surface area contributed by atoms with Crippen molar-refractivity contribution in [3.8, 4) is 0 Å². The van der Waals surface area contributed by atoms with Gasteiger partial charge in [-0.2, -0.15) is 4.31 Å². The predicted octanol–water partition coefficient (Wildman–Crippen LogP) is 1.47. The minimum Gasteiger partial charge on any atom is -0.305 e. The SMILES string of the molecule is Cc1nc(C)c(S(=O)(=O)N2CCCC(N(C)C)C2)s1. The lowest BCUT2D eigenvalue weighted by molar-refractivity contribution is 0.190. The fraction of sp³-hybridized carbons (Fsp3) is 0.750. The van der Waals surface area contributed by atoms with E-state index < -0.39 is 10.0 Å². The number of aryl methyl sites for hydroxylation is 2. The van der Waals surface area contributed by atoms with E-state index in [0.29, 0.717) is 29.0 Å². The quantitative estimate of drug-likeness (QED) is 0.848. The Bertz CT molecular complexity index is 551. The maximum Gasteiger partial charge on any atom is 0.254 e. The van der Waals surface area contributed by atoms with Crippen LogP contribution in [0.25, 0.3) is 0 Å². The maximum absolute atomic E-state index is 12.7. The number of likely N-dealkylation sites (N-methyl/N-ethyl adjacent to an activating group) is 1. The summed E-state index contributed by atoms with van der Waals surface area (Å²) in [4.78, 5) is 6.33. The lowest BCUT2D eigenvalue weighted by Gasteiger charge is -2.35. The average Bonchev–Trinajstić information content (AvgIpc) is 2.69. The molecule has 19 heavy (non-hydrogen) atoms. The standard InChI is InChI=1S/C12H21N3O2S2/c1-9-12(18-10(2)13-9)19(16,17)15-7-5-6-11(8-15)14(3)4/h11H,5-8H2,1-4H3. The number of hydrogen-bond acceptors (Lipinski definition) is 5. The number of nitrogens with zero attached hydrogens (tertiary/aromatic N) is 3. The summed E-state index contributed by atoms with van der Waals surface area (Å²) in [5, 5.41) is 0.803. The van der Waals surface area contributed by atoms with E-state index in [0.717, 1.165) is 17.8 Å². The van der Waals surface area contributed by atoms with Gasteiger partial charge < -0.3 is 4.90 Å². The molecule has 0 amide bonds. The van der Waals surface area contributed by atoms with Crippen molar-refractivity contribution in [1.82, 2.24) is 14.2 Å². The Morgan fingerprint density at radius 3 is 2.58 bits per heavy atom. The molecule has 0 spiro atoms. The monoisotopic (exact) mass is 303 g/mol. The smallest absolute Gasteiger partial charge is 0.254 e. The Balaban J connectivity index is 2.27. The van der Waals surface area contributed by atoms with Crippen LogP contribution in [0, 0.1) is 13.8 Å². The van der Waals surface area contributed by atoms with Crippen LogP contribution < -0.4 is 0 Å². The molecule has 0 aliphatic carbocycles. The number of hydrogen-bond donors (Lipinski definition) is 0. The Hall–Kier alpha value is -0.500. The van der Waals surface area contributed by atoms with Crippen molar-refractivity contribution in [2.45, 2.75) is 36.9 Å². The summed E-state index contributed by atoms with van der Waals surface area (Å²) in [6, 6.07) is 0.304. The van der Waals surface area contributed by atoms with E-state index in [1.165, 1.54) is 11.3 Å². The molecule has 1 unspecified atom stereocenters. The number of piperidine rings is 1. The molecule has 0 radical (unpaired) electrons. The van der Waals surface area contributed by atoms with Crippen LogP contribution >= 0.6 is 11.3 Å². The Morgan fingerprint density at radius 2 is 2.05 bits per heavy atom. The molecule has 0 bridgehead atoms. The third-order valence-electron chi connectivity index (χ3n) is 3.52. The molecule has 7 heteroatoms. The Morgan fingerprint density at radius 1 is 1.37 bits per heavy atom. The van der Waals surface area contributed by atoms with Gasteiger partial charge >= 0.3 is 0 Å². The maximum atomic E-state index is 12.7. The molecule has 1 atom stereocenters. The molecule has 1 fully saturated rings. The van der Waals surface area contributed by atoms with E-state index >= 15 is 0 Å². The zero-order chi connectivity index (χ0) is 14.2. The van der Waals surface area contributed by atoms with Crippen molar-refractivity contribution in [2.75, 3.05) is 27.2 Å². The third-order valence-corrected chi connectivity index (χ3v) is 7.05. The van der Waals surface area contributed by atoms with Crippen LogP contribution in [0.1, 0.15) is 23.5 Å². The van der Waals surface area contributed by atoms with E-state index in [-0.39, 0.29) is 0 Å². The molecule has 1 aromatic rings. The first kappa shape index (κ1) is 14.9. The molecule has 108 valence electrons. The predicted molar refractivity (Wildman–Crippen MR) is 77.1 cm³/mol. The van der Waals surface area contributed by atoms with Crippen molar-refractivity contribution in [3.05, 3.63) is 10.7 Å². The Labute approximate surface area is 119 Å². The molecule has 0 N–H and O–H groups in total. The zero-order valence-electron chi connectivity index (χ0n) is 11.9. The minimum absolute atomic E-state index is 0.304. The first-order valence-corrected chi connectivity index (χ1v) is 8.68.